The Hall–Kier alpha value is -3.53. The van der Waals surface area contributed by atoms with Crippen LogP contribution >= 0.6 is 0 Å². The highest BCUT2D eigenvalue weighted by molar-refractivity contribution is 5.97. The van der Waals surface area contributed by atoms with Crippen molar-refractivity contribution in [2.24, 2.45) is 0 Å². The Morgan fingerprint density at radius 3 is 2.75 bits per heavy atom. The molecular formula is C22H26N8O2. The fourth-order valence-electron chi connectivity index (χ4n) is 4.50. The van der Waals surface area contributed by atoms with Gasteiger partial charge in [-0.3, -0.25) is 14.5 Å². The molecule has 2 saturated heterocycles. The minimum Gasteiger partial charge on any atom is -0.344 e. The topological polar surface area (TPSA) is 110 Å². The number of likely N-dealkylation sites (N-methyl/N-ethyl adjacent to an activating group) is 1. The third kappa shape index (κ3) is 3.66. The summed E-state index contributed by atoms with van der Waals surface area (Å²) in [6.07, 6.45) is 6.13. The lowest BCUT2D eigenvalue weighted by Crippen LogP contribution is -2.38. The number of amides is 2. The van der Waals surface area contributed by atoms with Crippen molar-refractivity contribution in [3.63, 3.8) is 0 Å². The van der Waals surface area contributed by atoms with E-state index < -0.39 is 0 Å². The molecule has 166 valence electrons. The molecule has 10 heteroatoms. The van der Waals surface area contributed by atoms with Crippen molar-refractivity contribution in [2.75, 3.05) is 37.9 Å². The summed E-state index contributed by atoms with van der Waals surface area (Å²) in [7, 11) is 5.51. The van der Waals surface area contributed by atoms with Crippen LogP contribution in [-0.4, -0.2) is 81.3 Å². The number of aromatic nitrogens is 4. The van der Waals surface area contributed by atoms with Crippen LogP contribution in [0.3, 0.4) is 0 Å². The SMILES string of the molecule is CN(C)C(=O)c1cc2cnc(Nc3ccc(N4C[C@H]5CC[C@@H](CC4=O)N5C)cn3)nc2[nH]1. The lowest BCUT2D eigenvalue weighted by atomic mass is 10.1. The maximum Gasteiger partial charge on any atom is 0.269 e. The number of carbonyl (C=O) groups is 2. The van der Waals surface area contributed by atoms with Gasteiger partial charge in [0.15, 0.2) is 0 Å². The van der Waals surface area contributed by atoms with Crippen molar-refractivity contribution in [1.29, 1.82) is 0 Å². The summed E-state index contributed by atoms with van der Waals surface area (Å²) in [5, 5.41) is 3.84. The quantitative estimate of drug-likeness (QED) is 0.646. The maximum absolute atomic E-state index is 12.7. The fourth-order valence-corrected chi connectivity index (χ4v) is 4.50. The van der Waals surface area contributed by atoms with Crippen LogP contribution in [0.2, 0.25) is 0 Å². The van der Waals surface area contributed by atoms with E-state index in [4.69, 9.17) is 0 Å². The van der Waals surface area contributed by atoms with E-state index in [1.807, 2.05) is 17.0 Å². The number of fused-ring (bicyclic) bond motifs is 3. The van der Waals surface area contributed by atoms with Crippen molar-refractivity contribution >= 4 is 40.3 Å². The molecule has 2 fully saturated rings. The van der Waals surface area contributed by atoms with Crippen LogP contribution in [0.4, 0.5) is 17.5 Å². The number of pyridine rings is 1. The van der Waals surface area contributed by atoms with Crippen molar-refractivity contribution < 1.29 is 9.59 Å². The molecular weight excluding hydrogens is 408 g/mol. The first-order chi connectivity index (χ1) is 15.4. The average Bonchev–Trinajstić information content (AvgIpc) is 3.31. The van der Waals surface area contributed by atoms with E-state index in [1.165, 1.54) is 4.90 Å². The molecule has 3 aromatic rings. The number of nitrogens with zero attached hydrogens (tertiary/aromatic N) is 6. The van der Waals surface area contributed by atoms with E-state index in [9.17, 15) is 9.59 Å². The number of carbonyl (C=O) groups excluding carboxylic acids is 2. The highest BCUT2D eigenvalue weighted by atomic mass is 16.2. The smallest absolute Gasteiger partial charge is 0.269 e. The molecule has 0 saturated carbocycles. The minimum absolute atomic E-state index is 0.128. The van der Waals surface area contributed by atoms with Gasteiger partial charge < -0.3 is 20.1 Å². The molecule has 2 atom stereocenters. The molecule has 2 aliphatic heterocycles. The van der Waals surface area contributed by atoms with Gasteiger partial charge in [-0.15, -0.1) is 0 Å². The molecule has 5 heterocycles. The molecule has 2 bridgehead atoms. The van der Waals surface area contributed by atoms with E-state index >= 15 is 0 Å². The number of aromatic amines is 1. The van der Waals surface area contributed by atoms with Gasteiger partial charge in [0.2, 0.25) is 11.9 Å². The Morgan fingerprint density at radius 2 is 2.00 bits per heavy atom. The van der Waals surface area contributed by atoms with Gasteiger partial charge in [0, 0.05) is 50.7 Å². The zero-order valence-corrected chi connectivity index (χ0v) is 18.4. The number of anilines is 3. The Morgan fingerprint density at radius 1 is 1.19 bits per heavy atom. The van der Waals surface area contributed by atoms with E-state index in [0.717, 1.165) is 23.9 Å². The molecule has 0 aromatic carbocycles. The van der Waals surface area contributed by atoms with Gasteiger partial charge in [-0.05, 0) is 38.1 Å². The standard InChI is InChI=1S/C22H26N8O2/c1-28(2)21(32)17-8-13-10-24-22(27-20(13)25-17)26-18-7-6-15(11-23-18)30-12-16-5-4-14(29(16)3)9-19(30)31/h6-8,10-11,14,16H,4-5,9,12H2,1-3H3,(H2,23,24,25,26,27)/t14-,16+/m0/s1. The highest BCUT2D eigenvalue weighted by Crippen LogP contribution is 2.31. The molecule has 0 unspecified atom stereocenters. The van der Waals surface area contributed by atoms with E-state index in [2.05, 4.69) is 37.2 Å². The molecule has 2 aliphatic rings. The number of nitrogens with one attached hydrogen (secondary N) is 2. The number of hydrogen-bond acceptors (Lipinski definition) is 7. The van der Waals surface area contributed by atoms with Crippen LogP contribution in [0.1, 0.15) is 29.8 Å². The third-order valence-corrected chi connectivity index (χ3v) is 6.40. The van der Waals surface area contributed by atoms with Gasteiger partial charge in [-0.2, -0.15) is 4.98 Å². The van der Waals surface area contributed by atoms with Crippen LogP contribution in [0, 0.1) is 0 Å². The second-order valence-corrected chi connectivity index (χ2v) is 8.67. The summed E-state index contributed by atoms with van der Waals surface area (Å²) in [6.45, 7) is 0.695. The van der Waals surface area contributed by atoms with Gasteiger partial charge in [-0.25, -0.2) is 9.97 Å². The van der Waals surface area contributed by atoms with Gasteiger partial charge in [-0.1, -0.05) is 0 Å². The molecule has 10 nitrogen and oxygen atoms in total. The number of hydrogen-bond donors (Lipinski definition) is 2. The Bertz CT molecular complexity index is 1170. The Balaban J connectivity index is 1.32. The number of rotatable bonds is 4. The summed E-state index contributed by atoms with van der Waals surface area (Å²) in [4.78, 5) is 46.8. The first-order valence-electron chi connectivity index (χ1n) is 10.7. The Kier molecular flexibility index (Phi) is 5.01. The first kappa shape index (κ1) is 20.4. The summed E-state index contributed by atoms with van der Waals surface area (Å²) in [6, 6.07) is 6.19. The van der Waals surface area contributed by atoms with Crippen molar-refractivity contribution in [1.82, 2.24) is 29.7 Å². The normalized spacial score (nSPS) is 21.1. The predicted octanol–water partition coefficient (Wildman–Crippen LogP) is 2.00. The van der Waals surface area contributed by atoms with Gasteiger partial charge >= 0.3 is 0 Å². The van der Waals surface area contributed by atoms with Crippen LogP contribution in [-0.2, 0) is 4.79 Å². The molecule has 32 heavy (non-hydrogen) atoms. The van der Waals surface area contributed by atoms with Crippen molar-refractivity contribution in [3.05, 3.63) is 36.3 Å². The maximum atomic E-state index is 12.7. The van der Waals surface area contributed by atoms with Gasteiger partial charge in [0.1, 0.15) is 17.2 Å². The minimum atomic E-state index is -0.128. The summed E-state index contributed by atoms with van der Waals surface area (Å²) in [5.74, 6) is 0.964. The number of H-pyrrole nitrogens is 1. The summed E-state index contributed by atoms with van der Waals surface area (Å²) in [5.41, 5.74) is 1.83. The van der Waals surface area contributed by atoms with Gasteiger partial charge in [0.25, 0.3) is 5.91 Å². The summed E-state index contributed by atoms with van der Waals surface area (Å²) < 4.78 is 0. The van der Waals surface area contributed by atoms with Crippen LogP contribution in [0.5, 0.6) is 0 Å². The molecule has 2 amide bonds. The zero-order chi connectivity index (χ0) is 22.4. The van der Waals surface area contributed by atoms with E-state index in [1.54, 1.807) is 32.6 Å². The van der Waals surface area contributed by atoms with Crippen LogP contribution in [0.25, 0.3) is 11.0 Å². The molecule has 3 aromatic heterocycles. The van der Waals surface area contributed by atoms with Gasteiger partial charge in [0.05, 0.1) is 11.9 Å². The Labute approximate surface area is 185 Å². The average molecular weight is 435 g/mol. The molecule has 0 radical (unpaired) electrons. The molecule has 2 N–H and O–H groups in total. The highest BCUT2D eigenvalue weighted by Gasteiger charge is 2.38. The lowest BCUT2D eigenvalue weighted by molar-refractivity contribution is -0.119. The van der Waals surface area contributed by atoms with Crippen LogP contribution < -0.4 is 10.2 Å². The predicted molar refractivity (Wildman–Crippen MR) is 121 cm³/mol. The van der Waals surface area contributed by atoms with E-state index in [0.29, 0.717) is 48.2 Å². The monoisotopic (exact) mass is 434 g/mol. The molecule has 5 rings (SSSR count). The van der Waals surface area contributed by atoms with Crippen molar-refractivity contribution in [3.8, 4) is 0 Å². The second-order valence-electron chi connectivity index (χ2n) is 8.67. The molecule has 0 aliphatic carbocycles. The fraction of sp³-hybridized carbons (Fsp3) is 0.409. The largest absolute Gasteiger partial charge is 0.344 e. The van der Waals surface area contributed by atoms with E-state index in [-0.39, 0.29) is 11.8 Å². The van der Waals surface area contributed by atoms with Crippen LogP contribution in [0.15, 0.2) is 30.6 Å². The summed E-state index contributed by atoms with van der Waals surface area (Å²) >= 11 is 0. The molecule has 0 spiro atoms. The van der Waals surface area contributed by atoms with Crippen molar-refractivity contribution in [2.45, 2.75) is 31.3 Å². The first-order valence-corrected chi connectivity index (χ1v) is 10.7. The second kappa shape index (κ2) is 7.86. The lowest BCUT2D eigenvalue weighted by Gasteiger charge is -2.25. The zero-order valence-electron chi connectivity index (χ0n) is 18.4. The third-order valence-electron chi connectivity index (χ3n) is 6.40.